The van der Waals surface area contributed by atoms with E-state index in [2.05, 4.69) is 352 Å². The van der Waals surface area contributed by atoms with Crippen molar-refractivity contribution in [3.8, 4) is 0 Å². The molecule has 3 rings (SSSR count). The Labute approximate surface area is 673 Å². The highest BCUT2D eigenvalue weighted by Gasteiger charge is 2.20. The van der Waals surface area contributed by atoms with E-state index in [9.17, 15) is 76.6 Å². The molecule has 54 N–H and O–H groups in total. The molecule has 37 nitrogen and oxygen atoms in total. The lowest BCUT2D eigenvalue weighted by molar-refractivity contribution is -0.899. The number of phosphoric acid groups is 1. The van der Waals surface area contributed by atoms with Crippen molar-refractivity contribution in [3.05, 3.63) is 0 Å². The van der Waals surface area contributed by atoms with Crippen LogP contribution < -0.4 is 194 Å². The van der Waals surface area contributed by atoms with Crippen molar-refractivity contribution in [2.45, 2.75) is 469 Å². The zero-order valence-electron chi connectivity index (χ0n) is 78.4. The summed E-state index contributed by atoms with van der Waals surface area (Å²) < 4.78 is 8.55. The fourth-order valence-electron chi connectivity index (χ4n) is 3.39. The maximum atomic E-state index is 10.6. The van der Waals surface area contributed by atoms with Crippen LogP contribution in [0.15, 0.2) is 0 Å². The quantitative estimate of drug-likeness (QED) is 0.0791. The van der Waals surface area contributed by atoms with Gasteiger partial charge < -0.3 is 199 Å². The van der Waals surface area contributed by atoms with Crippen LogP contribution >= 0.6 is 7.82 Å². The fraction of sp³-hybridized carbons (Fsp3) is 1.00. The van der Waals surface area contributed by atoms with Gasteiger partial charge in [0.05, 0.1) is 109 Å². The Morgan fingerprint density at radius 1 is 0.209 bits per heavy atom. The molecule has 698 valence electrons. The van der Waals surface area contributed by atoms with Crippen LogP contribution in [0.25, 0.3) is 0 Å². The summed E-state index contributed by atoms with van der Waals surface area (Å²) in [5.41, 5.74) is 65.5. The number of hydrogen-bond donors (Lipinski definition) is 18. The minimum Gasteiger partial charge on any atom is -0.865 e. The Balaban J connectivity index is -0.0000000472. The Morgan fingerprint density at radius 3 is 0.300 bits per heavy atom. The van der Waals surface area contributed by atoms with Gasteiger partial charge in [-0.05, 0) is 249 Å². The minimum atomic E-state index is -5.39. The summed E-state index contributed by atoms with van der Waals surface area (Å²) in [6.07, 6.45) is -8.05. The molecule has 3 aliphatic carbocycles. The van der Waals surface area contributed by atoms with Gasteiger partial charge in [0.1, 0.15) is 0 Å². The first kappa shape index (κ1) is 157. The first-order valence-corrected chi connectivity index (χ1v) is 40.4. The van der Waals surface area contributed by atoms with E-state index < -0.39 is 80.1 Å². The van der Waals surface area contributed by atoms with Crippen molar-refractivity contribution in [2.24, 2.45) is 0 Å². The topological polar surface area (TPSA) is 930 Å². The molecule has 0 aromatic heterocycles. The molecule has 0 heterocycles. The van der Waals surface area contributed by atoms with Gasteiger partial charge in [0.25, 0.3) is 0 Å². The van der Waals surface area contributed by atoms with Crippen LogP contribution in [0.4, 0.5) is 0 Å². The molecule has 110 heavy (non-hydrogen) atoms. The summed E-state index contributed by atoms with van der Waals surface area (Å²) in [4.78, 5) is 25.6. The zero-order valence-corrected chi connectivity index (χ0v) is 79.3. The standard InChI is InChI=1S/3C6H7O5.18C3H9N.H3O4P/c3*7-4-2-1-3-5(8,9)6(4,10)11;18*1-3(2)4;1-5(2,3)4/h3*4H,1-3H2;18*3H,4H2,1-2H3;(H3,1,2,3,4)/q3*-5;;;;;;;;;;;;;;;;;;;/p+15. The molecule has 3 unspecified atom stereocenters. The smallest absolute Gasteiger partial charge is 0.0786 e. The SMILES string of the molecule is CC(C)[NH3+].CC(C)[NH3+].CC(C)[NH3+].CC(C)[NH3+].CC(C)[NH3+].CC(C)[NH3+].CC(C)[NH3+].CC(C)[NH3+].CC(C)[NH3+].CC(C)[NH3+].CC(C)[NH3+].CC(C)[NH3+].CC(C)[NH3+].CC(C)[NH3+].CC(C)[NH3+].CC(C)[NH3+].CC(C)[NH3+].CC(C)[NH3+].O=P([O-])([O-])[O-].[O-]C1CCCC([O-])([O-])C1([O-])[O-].[O-]C1CCCC([O-])([O-])C1([O-])[O-].[O-]C1CCCC([O-])([O-])C1([O-])[O-]. The van der Waals surface area contributed by atoms with Crippen molar-refractivity contribution in [1.82, 2.24) is 0 Å². The molecule has 38 heteroatoms. The number of quaternary nitrogens is 18. The maximum absolute atomic E-state index is 10.6. The van der Waals surface area contributed by atoms with Gasteiger partial charge in [0.2, 0.25) is 0 Å². The summed E-state index contributed by atoms with van der Waals surface area (Å²) in [6.45, 7) is 74.0. The lowest BCUT2D eigenvalue weighted by Crippen LogP contribution is -2.89. The van der Waals surface area contributed by atoms with Crippen LogP contribution in [0.2, 0.25) is 0 Å². The van der Waals surface area contributed by atoms with E-state index in [4.69, 9.17) is 19.2 Å². The first-order valence-electron chi connectivity index (χ1n) is 38.9. The van der Waals surface area contributed by atoms with Gasteiger partial charge in [-0.15, -0.1) is 0 Å². The summed E-state index contributed by atoms with van der Waals surface area (Å²) >= 11 is 0. The van der Waals surface area contributed by atoms with Crippen molar-refractivity contribution in [3.63, 3.8) is 0 Å². The second-order valence-electron chi connectivity index (χ2n) is 33.9. The van der Waals surface area contributed by atoms with Crippen molar-refractivity contribution >= 4 is 7.82 Å². The van der Waals surface area contributed by atoms with E-state index in [0.717, 1.165) is 0 Å². The Bertz CT molecular complexity index is 1330. The molecule has 0 aromatic rings. The lowest BCUT2D eigenvalue weighted by atomic mass is 9.86. The second-order valence-corrected chi connectivity index (χ2v) is 34.8. The number of hydrogen-bond acceptors (Lipinski definition) is 19. The molecular formula is C72H201N18O19P. The van der Waals surface area contributed by atoms with Crippen molar-refractivity contribution < 1.29 is 199 Å². The molecule has 0 spiro atoms. The lowest BCUT2D eigenvalue weighted by Gasteiger charge is -2.82. The molecule has 0 saturated heterocycles. The third-order valence-corrected chi connectivity index (χ3v) is 5.78. The fourth-order valence-corrected chi connectivity index (χ4v) is 3.39. The van der Waals surface area contributed by atoms with Crippen LogP contribution in [-0.2, 0) is 4.57 Å². The Morgan fingerprint density at radius 2 is 0.264 bits per heavy atom. The molecule has 3 atom stereocenters. The van der Waals surface area contributed by atoms with E-state index in [1.165, 1.54) is 0 Å². The van der Waals surface area contributed by atoms with E-state index in [1.807, 2.05) is 0 Å². The molecule has 3 saturated carbocycles. The third-order valence-electron chi connectivity index (χ3n) is 5.78. The molecule has 0 bridgehead atoms. The molecule has 3 aliphatic rings. The van der Waals surface area contributed by atoms with E-state index in [-0.39, 0.29) is 38.5 Å². The normalized spacial score (nSPS) is 17.0. The minimum absolute atomic E-state index is 0.0907. The van der Waals surface area contributed by atoms with Gasteiger partial charge in [0, 0.05) is 0 Å². The highest BCUT2D eigenvalue weighted by atomic mass is 31.2. The van der Waals surface area contributed by atoms with Crippen molar-refractivity contribution in [2.75, 3.05) is 0 Å². The van der Waals surface area contributed by atoms with Crippen LogP contribution in [0.1, 0.15) is 307 Å². The molecule has 0 amide bonds. The van der Waals surface area contributed by atoms with E-state index >= 15 is 0 Å². The largest absolute Gasteiger partial charge is 0.865 e. The van der Waals surface area contributed by atoms with Crippen LogP contribution in [0.3, 0.4) is 0 Å². The number of rotatable bonds is 0. The summed E-state index contributed by atoms with van der Waals surface area (Å²) in [6, 6.07) is 10.5. The summed E-state index contributed by atoms with van der Waals surface area (Å²) in [7, 11) is -5.39. The predicted octanol–water partition coefficient (Wildman–Crippen LogP) is -25.2. The van der Waals surface area contributed by atoms with Gasteiger partial charge in [-0.3, -0.25) is 17.4 Å². The second kappa shape index (κ2) is 96.6. The zero-order chi connectivity index (χ0) is 95.0. The van der Waals surface area contributed by atoms with E-state index in [1.54, 1.807) is 0 Å². The molecule has 0 aromatic carbocycles. The molecule has 0 radical (unpaired) electrons. The Hall–Kier alpha value is -1.21. The molecular weight excluding hydrogens is 1450 g/mol. The third kappa shape index (κ3) is 285. The van der Waals surface area contributed by atoms with Gasteiger partial charge >= 0.3 is 0 Å². The van der Waals surface area contributed by atoms with Gasteiger partial charge in [-0.2, -0.15) is 26.1 Å². The van der Waals surface area contributed by atoms with Crippen LogP contribution in [0, 0.1) is 0 Å². The maximum Gasteiger partial charge on any atom is 0.0786 e. The highest BCUT2D eigenvalue weighted by molar-refractivity contribution is 7.40. The Kier molecular flexibility index (Phi) is 138. The molecule has 0 aliphatic heterocycles. The average molecular weight is 1650 g/mol. The van der Waals surface area contributed by atoms with E-state index in [0.29, 0.717) is 109 Å². The molecule has 3 fully saturated rings. The average Bonchev–Trinajstić information content (AvgIpc) is 0.806. The van der Waals surface area contributed by atoms with Gasteiger partial charge in [-0.1, -0.05) is 57.8 Å². The summed E-state index contributed by atoms with van der Waals surface area (Å²) in [5, 5.41) is 159. The monoisotopic (exact) mass is 1650 g/mol. The van der Waals surface area contributed by atoms with Crippen LogP contribution in [0.5, 0.6) is 0 Å². The first-order chi connectivity index (χ1) is 47.8. The predicted molar refractivity (Wildman–Crippen MR) is 401 cm³/mol. The van der Waals surface area contributed by atoms with Gasteiger partial charge in [-0.25, -0.2) is 17.4 Å². The highest BCUT2D eigenvalue weighted by Crippen LogP contribution is 2.25. The van der Waals surface area contributed by atoms with Crippen LogP contribution in [-0.4, -0.2) is 162 Å². The summed E-state index contributed by atoms with van der Waals surface area (Å²) in [5.74, 6) is -21.0. The van der Waals surface area contributed by atoms with Crippen molar-refractivity contribution in [1.29, 1.82) is 0 Å². The van der Waals surface area contributed by atoms with Gasteiger partial charge in [0.15, 0.2) is 0 Å².